The monoisotopic (exact) mass is 569 g/mol. The van der Waals surface area contributed by atoms with Crippen LogP contribution in [0, 0.1) is 0 Å². The van der Waals surface area contributed by atoms with Crippen molar-refractivity contribution in [3.8, 4) is 22.6 Å². The molecule has 1 fully saturated rings. The molecule has 43 heavy (non-hydrogen) atoms. The Bertz CT molecular complexity index is 1920. The number of rotatable bonds is 7. The molecule has 0 spiro atoms. The lowest BCUT2D eigenvalue weighted by Crippen LogP contribution is -2.44. The predicted molar refractivity (Wildman–Crippen MR) is 174 cm³/mol. The van der Waals surface area contributed by atoms with Crippen LogP contribution in [0.4, 0.5) is 11.4 Å². The van der Waals surface area contributed by atoms with Crippen LogP contribution in [-0.2, 0) is 17.6 Å². The van der Waals surface area contributed by atoms with Crippen molar-refractivity contribution >= 4 is 39.2 Å². The number of imidazole rings is 1. The zero-order chi connectivity index (χ0) is 29.3. The van der Waals surface area contributed by atoms with E-state index in [2.05, 4.69) is 92.8 Å². The fourth-order valence-corrected chi connectivity index (χ4v) is 5.93. The smallest absolute Gasteiger partial charge is 0.228 e. The SMILES string of the molecule is CCc1cc(NC(=O)Cc2ccccc2)cc(-c2ccc3[nH]nc(-c4nc5c(N6CCN(C)CC6)cccc5[nH]4)c3c2)c1. The Hall–Kier alpha value is -4.95. The summed E-state index contributed by atoms with van der Waals surface area (Å²) >= 11 is 0. The number of para-hydroxylation sites is 1. The standard InChI is InChI=1S/C35H35N7O/c1-3-23-18-26(21-27(19-23)36-32(43)20-24-8-5-4-6-9-24)25-12-13-29-28(22-25)33(40-39-29)35-37-30-10-7-11-31(34(30)38-35)42-16-14-41(2)15-17-42/h4-13,18-19,21-22H,3,14-17,20H2,1-2H3,(H,36,43)(H,37,38)(H,39,40). The minimum atomic E-state index is -0.0289. The van der Waals surface area contributed by atoms with Crippen molar-refractivity contribution in [3.05, 3.63) is 96.1 Å². The fraction of sp³-hybridized carbons (Fsp3) is 0.229. The molecule has 0 aliphatic carbocycles. The highest BCUT2D eigenvalue weighted by molar-refractivity contribution is 5.98. The van der Waals surface area contributed by atoms with Gasteiger partial charge in [0, 0.05) is 37.3 Å². The van der Waals surface area contributed by atoms with Crippen LogP contribution < -0.4 is 10.2 Å². The first-order valence-corrected chi connectivity index (χ1v) is 14.9. The van der Waals surface area contributed by atoms with E-state index in [1.165, 1.54) is 0 Å². The van der Waals surface area contributed by atoms with E-state index in [0.29, 0.717) is 6.42 Å². The largest absolute Gasteiger partial charge is 0.367 e. The van der Waals surface area contributed by atoms with E-state index in [4.69, 9.17) is 4.98 Å². The van der Waals surface area contributed by atoms with E-state index in [1.807, 2.05) is 36.4 Å². The molecule has 3 N–H and O–H groups in total. The van der Waals surface area contributed by atoms with Crippen molar-refractivity contribution in [1.29, 1.82) is 0 Å². The first-order valence-electron chi connectivity index (χ1n) is 14.9. The molecule has 0 radical (unpaired) electrons. The van der Waals surface area contributed by atoms with Gasteiger partial charge in [-0.1, -0.05) is 55.5 Å². The topological polar surface area (TPSA) is 92.9 Å². The van der Waals surface area contributed by atoms with Crippen LogP contribution in [0.2, 0.25) is 0 Å². The number of aromatic amines is 2. The summed E-state index contributed by atoms with van der Waals surface area (Å²) in [5.41, 5.74) is 9.93. The van der Waals surface area contributed by atoms with Crippen molar-refractivity contribution < 1.29 is 4.79 Å². The minimum Gasteiger partial charge on any atom is -0.367 e. The number of anilines is 2. The van der Waals surface area contributed by atoms with Crippen LogP contribution in [-0.4, -0.2) is 64.2 Å². The van der Waals surface area contributed by atoms with Gasteiger partial charge in [-0.2, -0.15) is 5.10 Å². The highest BCUT2D eigenvalue weighted by Crippen LogP contribution is 2.34. The number of benzene rings is 4. The molecule has 0 bridgehead atoms. The number of nitrogens with one attached hydrogen (secondary N) is 3. The number of piperazine rings is 1. The number of amides is 1. The van der Waals surface area contributed by atoms with Gasteiger partial charge in [-0.05, 0) is 72.1 Å². The summed E-state index contributed by atoms with van der Waals surface area (Å²) in [7, 11) is 2.17. The summed E-state index contributed by atoms with van der Waals surface area (Å²) in [5, 5.41) is 12.0. The summed E-state index contributed by atoms with van der Waals surface area (Å²) in [6, 6.07) is 28.8. The molecule has 0 unspecified atom stereocenters. The van der Waals surface area contributed by atoms with E-state index in [1.54, 1.807) is 0 Å². The molecule has 4 aromatic carbocycles. The third kappa shape index (κ3) is 5.49. The van der Waals surface area contributed by atoms with E-state index in [9.17, 15) is 4.79 Å². The van der Waals surface area contributed by atoms with Gasteiger partial charge in [0.1, 0.15) is 11.2 Å². The Morgan fingerprint density at radius 2 is 1.70 bits per heavy atom. The fourth-order valence-electron chi connectivity index (χ4n) is 5.93. The van der Waals surface area contributed by atoms with Crippen LogP contribution in [0.5, 0.6) is 0 Å². The van der Waals surface area contributed by atoms with Gasteiger partial charge in [0.2, 0.25) is 5.91 Å². The van der Waals surface area contributed by atoms with Crippen LogP contribution >= 0.6 is 0 Å². The maximum atomic E-state index is 12.8. The minimum absolute atomic E-state index is 0.0289. The van der Waals surface area contributed by atoms with Crippen LogP contribution in [0.15, 0.2) is 84.9 Å². The lowest BCUT2D eigenvalue weighted by atomic mass is 9.99. The van der Waals surface area contributed by atoms with Crippen LogP contribution in [0.3, 0.4) is 0 Å². The second-order valence-electron chi connectivity index (χ2n) is 11.4. The van der Waals surface area contributed by atoms with Gasteiger partial charge in [-0.25, -0.2) is 4.98 Å². The van der Waals surface area contributed by atoms with Crippen LogP contribution in [0.1, 0.15) is 18.1 Å². The highest BCUT2D eigenvalue weighted by Gasteiger charge is 2.20. The highest BCUT2D eigenvalue weighted by atomic mass is 16.1. The Morgan fingerprint density at radius 1 is 0.860 bits per heavy atom. The summed E-state index contributed by atoms with van der Waals surface area (Å²) in [4.78, 5) is 26.2. The molecule has 0 saturated carbocycles. The molecular formula is C35H35N7O. The normalized spacial score (nSPS) is 14.0. The average molecular weight is 570 g/mol. The van der Waals surface area contributed by atoms with Gasteiger partial charge >= 0.3 is 0 Å². The van der Waals surface area contributed by atoms with Crippen LogP contribution in [0.25, 0.3) is 44.6 Å². The van der Waals surface area contributed by atoms with Gasteiger partial charge in [0.05, 0.1) is 23.1 Å². The maximum Gasteiger partial charge on any atom is 0.228 e. The van der Waals surface area contributed by atoms with Crippen molar-refractivity contribution in [2.45, 2.75) is 19.8 Å². The predicted octanol–water partition coefficient (Wildman–Crippen LogP) is 6.27. The van der Waals surface area contributed by atoms with Gasteiger partial charge in [-0.15, -0.1) is 0 Å². The lowest BCUT2D eigenvalue weighted by molar-refractivity contribution is -0.115. The summed E-state index contributed by atoms with van der Waals surface area (Å²) in [6.45, 7) is 6.18. The number of hydrogen-bond acceptors (Lipinski definition) is 5. The molecule has 8 heteroatoms. The van der Waals surface area contributed by atoms with Crippen molar-refractivity contribution in [1.82, 2.24) is 25.1 Å². The number of H-pyrrole nitrogens is 2. The van der Waals surface area contributed by atoms with E-state index in [-0.39, 0.29) is 5.91 Å². The summed E-state index contributed by atoms with van der Waals surface area (Å²) in [6.07, 6.45) is 1.20. The third-order valence-electron chi connectivity index (χ3n) is 8.35. The first kappa shape index (κ1) is 26.9. The lowest BCUT2D eigenvalue weighted by Gasteiger charge is -2.34. The second-order valence-corrected chi connectivity index (χ2v) is 11.4. The summed E-state index contributed by atoms with van der Waals surface area (Å²) in [5.74, 6) is 0.718. The van der Waals surface area contributed by atoms with Gasteiger partial charge < -0.3 is 20.1 Å². The number of carbonyl (C=O) groups excluding carboxylic acids is 1. The van der Waals surface area contributed by atoms with Crippen molar-refractivity contribution in [2.75, 3.05) is 43.4 Å². The van der Waals surface area contributed by atoms with E-state index in [0.717, 1.165) is 99.7 Å². The van der Waals surface area contributed by atoms with E-state index < -0.39 is 0 Å². The Morgan fingerprint density at radius 3 is 2.51 bits per heavy atom. The molecule has 1 amide bonds. The number of aryl methyl sites for hydroxylation is 1. The molecule has 3 heterocycles. The van der Waals surface area contributed by atoms with E-state index >= 15 is 0 Å². The molecule has 6 aromatic rings. The zero-order valence-corrected chi connectivity index (χ0v) is 24.5. The van der Waals surface area contributed by atoms with Gasteiger partial charge in [0.25, 0.3) is 0 Å². The average Bonchev–Trinajstić information content (AvgIpc) is 3.65. The van der Waals surface area contributed by atoms with Gasteiger partial charge in [0.15, 0.2) is 5.82 Å². The second kappa shape index (κ2) is 11.4. The molecule has 1 saturated heterocycles. The molecular weight excluding hydrogens is 534 g/mol. The van der Waals surface area contributed by atoms with Gasteiger partial charge in [-0.3, -0.25) is 9.89 Å². The van der Waals surface area contributed by atoms with Crippen molar-refractivity contribution in [3.63, 3.8) is 0 Å². The first-order chi connectivity index (χ1) is 21.0. The number of hydrogen-bond donors (Lipinski definition) is 3. The Balaban J connectivity index is 1.21. The summed E-state index contributed by atoms with van der Waals surface area (Å²) < 4.78 is 0. The number of aromatic nitrogens is 4. The molecule has 0 atom stereocenters. The number of carbonyl (C=O) groups is 1. The molecule has 7 rings (SSSR count). The molecule has 2 aromatic heterocycles. The molecule has 1 aliphatic heterocycles. The number of likely N-dealkylation sites (N-methyl/N-ethyl adjacent to an activating group) is 1. The van der Waals surface area contributed by atoms with Crippen molar-refractivity contribution in [2.24, 2.45) is 0 Å². The maximum absolute atomic E-state index is 12.8. The third-order valence-corrected chi connectivity index (χ3v) is 8.35. The Kier molecular flexibility index (Phi) is 7.12. The molecule has 216 valence electrons. The zero-order valence-electron chi connectivity index (χ0n) is 24.5. The molecule has 8 nitrogen and oxygen atoms in total. The Labute approximate surface area is 250 Å². The number of fused-ring (bicyclic) bond motifs is 2. The molecule has 1 aliphatic rings. The quantitative estimate of drug-likeness (QED) is 0.211. The number of nitrogens with zero attached hydrogens (tertiary/aromatic N) is 4.